The molecule has 0 atom stereocenters. The molecule has 104 valence electrons. The standard InChI is InChI=1S/C13H13FN4O2/c14-11-5-9(1-2-10(11)13(19)20)6-17-3-4-18-8-15-16-12(18)7-17/h1-2,5,8H,3-4,6-7H2,(H,19,20). The van der Waals surface area contributed by atoms with Crippen molar-refractivity contribution in [3.8, 4) is 0 Å². The van der Waals surface area contributed by atoms with Gasteiger partial charge in [0.1, 0.15) is 18.0 Å². The smallest absolute Gasteiger partial charge is 0.338 e. The monoisotopic (exact) mass is 276 g/mol. The van der Waals surface area contributed by atoms with Crippen LogP contribution in [0.4, 0.5) is 4.39 Å². The molecule has 1 N–H and O–H groups in total. The predicted octanol–water partition coefficient (Wildman–Crippen LogP) is 1.13. The van der Waals surface area contributed by atoms with E-state index in [1.807, 2.05) is 4.57 Å². The van der Waals surface area contributed by atoms with Crippen LogP contribution < -0.4 is 0 Å². The Balaban J connectivity index is 1.73. The van der Waals surface area contributed by atoms with E-state index in [0.29, 0.717) is 13.1 Å². The first-order valence-electron chi connectivity index (χ1n) is 6.24. The van der Waals surface area contributed by atoms with Crippen molar-refractivity contribution in [1.82, 2.24) is 19.7 Å². The van der Waals surface area contributed by atoms with Crippen LogP contribution in [0.2, 0.25) is 0 Å². The summed E-state index contributed by atoms with van der Waals surface area (Å²) in [4.78, 5) is 12.9. The zero-order valence-corrected chi connectivity index (χ0v) is 10.7. The lowest BCUT2D eigenvalue weighted by Gasteiger charge is -2.26. The minimum absolute atomic E-state index is 0.299. The lowest BCUT2D eigenvalue weighted by atomic mass is 10.1. The van der Waals surface area contributed by atoms with E-state index < -0.39 is 11.8 Å². The van der Waals surface area contributed by atoms with Gasteiger partial charge in [-0.05, 0) is 17.7 Å². The Bertz CT molecular complexity index is 656. The summed E-state index contributed by atoms with van der Waals surface area (Å²) in [6.07, 6.45) is 1.70. The van der Waals surface area contributed by atoms with Gasteiger partial charge in [-0.15, -0.1) is 10.2 Å². The minimum atomic E-state index is -1.25. The highest BCUT2D eigenvalue weighted by Gasteiger charge is 2.18. The number of aromatic nitrogens is 3. The number of aromatic carboxylic acids is 1. The van der Waals surface area contributed by atoms with Crippen LogP contribution in [-0.4, -0.2) is 37.3 Å². The predicted molar refractivity (Wildman–Crippen MR) is 67.5 cm³/mol. The number of nitrogens with zero attached hydrogens (tertiary/aromatic N) is 4. The fourth-order valence-electron chi connectivity index (χ4n) is 2.34. The Morgan fingerprint density at radius 2 is 2.25 bits per heavy atom. The largest absolute Gasteiger partial charge is 0.478 e. The molecule has 0 fully saturated rings. The summed E-state index contributed by atoms with van der Waals surface area (Å²) in [6.45, 7) is 2.84. The molecule has 3 rings (SSSR count). The van der Waals surface area contributed by atoms with Crippen LogP contribution in [0.25, 0.3) is 0 Å². The number of fused-ring (bicyclic) bond motifs is 1. The number of benzene rings is 1. The van der Waals surface area contributed by atoms with Gasteiger partial charge in [0.05, 0.1) is 12.1 Å². The zero-order valence-electron chi connectivity index (χ0n) is 10.7. The summed E-state index contributed by atoms with van der Waals surface area (Å²) in [5.74, 6) is -1.06. The molecule has 20 heavy (non-hydrogen) atoms. The van der Waals surface area contributed by atoms with Crippen LogP contribution >= 0.6 is 0 Å². The molecule has 0 aliphatic carbocycles. The molecule has 1 aliphatic rings. The topological polar surface area (TPSA) is 71.2 Å². The number of hydrogen-bond donors (Lipinski definition) is 1. The second kappa shape index (κ2) is 5.01. The van der Waals surface area contributed by atoms with E-state index in [2.05, 4.69) is 15.1 Å². The summed E-state index contributed by atoms with van der Waals surface area (Å²) >= 11 is 0. The highest BCUT2D eigenvalue weighted by Crippen LogP contribution is 2.16. The number of carboxylic acids is 1. The molecule has 1 aromatic carbocycles. The maximum Gasteiger partial charge on any atom is 0.338 e. The van der Waals surface area contributed by atoms with Gasteiger partial charge in [0.25, 0.3) is 0 Å². The fraction of sp³-hybridized carbons (Fsp3) is 0.308. The van der Waals surface area contributed by atoms with Crippen molar-refractivity contribution in [1.29, 1.82) is 0 Å². The highest BCUT2D eigenvalue weighted by atomic mass is 19.1. The number of carboxylic acid groups (broad SMARTS) is 1. The van der Waals surface area contributed by atoms with Crippen molar-refractivity contribution in [2.45, 2.75) is 19.6 Å². The number of hydrogen-bond acceptors (Lipinski definition) is 4. The molecule has 0 amide bonds. The van der Waals surface area contributed by atoms with Crippen LogP contribution in [-0.2, 0) is 19.6 Å². The quantitative estimate of drug-likeness (QED) is 0.910. The first kappa shape index (κ1) is 12.7. The van der Waals surface area contributed by atoms with E-state index in [1.54, 1.807) is 12.4 Å². The molecule has 0 saturated heterocycles. The SMILES string of the molecule is O=C(O)c1ccc(CN2CCn3cnnc3C2)cc1F. The van der Waals surface area contributed by atoms with E-state index in [0.717, 1.165) is 24.5 Å². The summed E-state index contributed by atoms with van der Waals surface area (Å²) in [5, 5.41) is 16.7. The van der Waals surface area contributed by atoms with Gasteiger partial charge in [-0.1, -0.05) is 6.07 Å². The molecule has 7 heteroatoms. The van der Waals surface area contributed by atoms with Crippen LogP contribution in [0, 0.1) is 5.82 Å². The third kappa shape index (κ3) is 2.39. The zero-order chi connectivity index (χ0) is 14.1. The van der Waals surface area contributed by atoms with Gasteiger partial charge in [0.2, 0.25) is 0 Å². The van der Waals surface area contributed by atoms with E-state index in [-0.39, 0.29) is 5.56 Å². The minimum Gasteiger partial charge on any atom is -0.478 e. The molecule has 2 aromatic rings. The third-order valence-electron chi connectivity index (χ3n) is 3.39. The van der Waals surface area contributed by atoms with E-state index >= 15 is 0 Å². The number of carbonyl (C=O) groups is 1. The van der Waals surface area contributed by atoms with Crippen LogP contribution in [0.1, 0.15) is 21.7 Å². The van der Waals surface area contributed by atoms with Gasteiger partial charge in [0.15, 0.2) is 0 Å². The molecule has 0 radical (unpaired) electrons. The van der Waals surface area contributed by atoms with Crippen molar-refractivity contribution in [2.24, 2.45) is 0 Å². The Kier molecular flexibility index (Phi) is 3.19. The Morgan fingerprint density at radius 1 is 1.40 bits per heavy atom. The molecule has 6 nitrogen and oxygen atoms in total. The summed E-state index contributed by atoms with van der Waals surface area (Å²) in [6, 6.07) is 4.23. The van der Waals surface area contributed by atoms with Gasteiger partial charge < -0.3 is 9.67 Å². The van der Waals surface area contributed by atoms with Gasteiger partial charge >= 0.3 is 5.97 Å². The van der Waals surface area contributed by atoms with Crippen molar-refractivity contribution in [3.63, 3.8) is 0 Å². The Hall–Kier alpha value is -2.28. The highest BCUT2D eigenvalue weighted by molar-refractivity contribution is 5.87. The van der Waals surface area contributed by atoms with E-state index in [4.69, 9.17) is 5.11 Å². The van der Waals surface area contributed by atoms with Crippen molar-refractivity contribution in [3.05, 3.63) is 47.3 Å². The molecule has 1 aromatic heterocycles. The van der Waals surface area contributed by atoms with Gasteiger partial charge in [-0.25, -0.2) is 9.18 Å². The summed E-state index contributed by atoms with van der Waals surface area (Å²) in [7, 11) is 0. The number of halogens is 1. The van der Waals surface area contributed by atoms with E-state index in [9.17, 15) is 9.18 Å². The van der Waals surface area contributed by atoms with E-state index in [1.165, 1.54) is 12.1 Å². The summed E-state index contributed by atoms with van der Waals surface area (Å²) in [5.41, 5.74) is 0.451. The maximum absolute atomic E-state index is 13.6. The second-order valence-corrected chi connectivity index (χ2v) is 4.77. The van der Waals surface area contributed by atoms with Gasteiger partial charge in [0, 0.05) is 19.6 Å². The molecule has 0 saturated carbocycles. The van der Waals surface area contributed by atoms with Gasteiger partial charge in [-0.2, -0.15) is 0 Å². The lowest BCUT2D eigenvalue weighted by molar-refractivity contribution is 0.0692. The first-order chi connectivity index (χ1) is 9.63. The molecule has 0 spiro atoms. The van der Waals surface area contributed by atoms with Crippen molar-refractivity contribution >= 4 is 5.97 Å². The Morgan fingerprint density at radius 3 is 3.00 bits per heavy atom. The first-order valence-corrected chi connectivity index (χ1v) is 6.24. The van der Waals surface area contributed by atoms with Gasteiger partial charge in [-0.3, -0.25) is 4.90 Å². The van der Waals surface area contributed by atoms with Crippen molar-refractivity contribution in [2.75, 3.05) is 6.54 Å². The van der Waals surface area contributed by atoms with Crippen LogP contribution in [0.5, 0.6) is 0 Å². The normalized spacial score (nSPS) is 15.1. The lowest BCUT2D eigenvalue weighted by Crippen LogP contribution is -2.33. The molecule has 2 heterocycles. The number of rotatable bonds is 3. The average molecular weight is 276 g/mol. The van der Waals surface area contributed by atoms with Crippen LogP contribution in [0.15, 0.2) is 24.5 Å². The molecular weight excluding hydrogens is 263 g/mol. The molecular formula is C13H13FN4O2. The second-order valence-electron chi connectivity index (χ2n) is 4.77. The average Bonchev–Trinajstić information content (AvgIpc) is 2.85. The Labute approximate surface area is 114 Å². The fourth-order valence-corrected chi connectivity index (χ4v) is 2.34. The summed E-state index contributed by atoms with van der Waals surface area (Å²) < 4.78 is 15.6. The van der Waals surface area contributed by atoms with Crippen molar-refractivity contribution < 1.29 is 14.3 Å². The molecule has 0 bridgehead atoms. The third-order valence-corrected chi connectivity index (χ3v) is 3.39. The molecule has 1 aliphatic heterocycles. The molecule has 0 unspecified atom stereocenters. The van der Waals surface area contributed by atoms with Crippen LogP contribution in [0.3, 0.4) is 0 Å². The maximum atomic E-state index is 13.6.